The first kappa shape index (κ1) is 37.1. The molecule has 15 heteroatoms. The predicted molar refractivity (Wildman–Crippen MR) is 192 cm³/mol. The Morgan fingerprint density at radius 1 is 1.16 bits per heavy atom. The number of hydrogen-bond donors (Lipinski definition) is 2. The fourth-order valence-corrected chi connectivity index (χ4v) is 7.63. The number of nitrogens with one attached hydrogen (secondary N) is 1. The molecule has 3 aromatic rings. The molecule has 3 N–H and O–H groups in total. The molecule has 2 atom stereocenters. The predicted octanol–water partition coefficient (Wildman–Crippen LogP) is 2.82. The Morgan fingerprint density at radius 3 is 2.76 bits per heavy atom. The lowest BCUT2D eigenvalue weighted by Crippen LogP contribution is -2.48. The van der Waals surface area contributed by atoms with Crippen molar-refractivity contribution < 1.29 is 28.7 Å². The first-order valence-corrected chi connectivity index (χ1v) is 17.6. The Kier molecular flexibility index (Phi) is 12.4. The van der Waals surface area contributed by atoms with E-state index in [0.29, 0.717) is 69.1 Å². The van der Waals surface area contributed by atoms with Crippen LogP contribution >= 0.6 is 25.0 Å². The van der Waals surface area contributed by atoms with Crippen molar-refractivity contribution in [2.45, 2.75) is 83.3 Å². The van der Waals surface area contributed by atoms with Crippen LogP contribution in [0.2, 0.25) is 0 Å². The summed E-state index contributed by atoms with van der Waals surface area (Å²) in [6.45, 7) is 4.40. The zero-order chi connectivity index (χ0) is 34.5. The number of aromatic nitrogens is 3. The molecule has 2 aromatic heterocycles. The number of hydrogen-bond acceptors (Lipinski definition) is 11. The minimum absolute atomic E-state index is 0. The number of fused-ring (bicyclic) bond motifs is 1. The molecule has 13 nitrogen and oxygen atoms in total. The number of ether oxygens (including phenoxy) is 1. The fourth-order valence-electron chi connectivity index (χ4n) is 6.89. The number of rotatable bonds is 13. The summed E-state index contributed by atoms with van der Waals surface area (Å²) in [5.74, 6) is -0.437. The molecule has 2 fully saturated rings. The fraction of sp³-hybridized carbons (Fsp3) is 0.486. The Balaban J connectivity index is 0.00000486. The van der Waals surface area contributed by atoms with E-state index in [4.69, 9.17) is 15.5 Å². The normalized spacial score (nSPS) is 18.9. The lowest BCUT2D eigenvalue weighted by atomic mass is 9.92. The highest BCUT2D eigenvalue weighted by Crippen LogP contribution is 2.31. The van der Waals surface area contributed by atoms with Crippen molar-refractivity contribution in [1.29, 1.82) is 0 Å². The van der Waals surface area contributed by atoms with E-state index < -0.39 is 11.9 Å². The minimum atomic E-state index is -0.623. The van der Waals surface area contributed by atoms with Crippen molar-refractivity contribution in [3.8, 4) is 0 Å². The maximum atomic E-state index is 13.1. The van der Waals surface area contributed by atoms with E-state index in [1.165, 1.54) is 11.5 Å². The first-order valence-electron chi connectivity index (χ1n) is 16.8. The number of primary amides is 1. The summed E-state index contributed by atoms with van der Waals surface area (Å²) < 4.78 is 10.1. The summed E-state index contributed by atoms with van der Waals surface area (Å²) >= 11 is 1.36. The molecular weight excluding hydrogens is 679 g/mol. The Hall–Kier alpha value is -4.21. The van der Waals surface area contributed by atoms with Crippen LogP contribution in [-0.2, 0) is 38.5 Å². The van der Waals surface area contributed by atoms with Crippen LogP contribution in [0.15, 0.2) is 30.5 Å². The van der Waals surface area contributed by atoms with Gasteiger partial charge in [-0.05, 0) is 73.8 Å². The highest BCUT2D eigenvalue weighted by atomic mass is 32.1. The van der Waals surface area contributed by atoms with Crippen molar-refractivity contribution >= 4 is 60.1 Å². The van der Waals surface area contributed by atoms with Crippen LogP contribution in [0.1, 0.15) is 93.2 Å². The number of Topliss-reactive ketones (excluding diaryl/α,β-unsaturated/α-hetero) is 2. The number of aryl methyl sites for hydroxylation is 2. The zero-order valence-electron chi connectivity index (χ0n) is 28.1. The Bertz CT molecular complexity index is 1760. The number of anilines is 1. The SMILES string of the molecule is Cc1cc(Cc2nc(N3CCC[C@H](NC(=O)CCOCCCc4cccc5c4CN(C4CCC(=O)CC4=O)C5=O)C3)cnc2C(N)=O)sn1.S. The number of ketones is 2. The van der Waals surface area contributed by atoms with Crippen molar-refractivity contribution in [2.24, 2.45) is 5.73 Å². The number of nitrogens with two attached hydrogens (primary N) is 1. The molecule has 1 saturated carbocycles. The van der Waals surface area contributed by atoms with Gasteiger partial charge in [0.1, 0.15) is 17.3 Å². The van der Waals surface area contributed by atoms with E-state index in [1.807, 2.05) is 25.1 Å². The Labute approximate surface area is 302 Å². The van der Waals surface area contributed by atoms with E-state index in [0.717, 1.165) is 47.5 Å². The van der Waals surface area contributed by atoms with E-state index in [9.17, 15) is 24.0 Å². The molecule has 0 spiro atoms. The summed E-state index contributed by atoms with van der Waals surface area (Å²) in [6, 6.07) is 7.04. The molecule has 6 rings (SSSR count). The van der Waals surface area contributed by atoms with Gasteiger partial charge < -0.3 is 25.6 Å². The summed E-state index contributed by atoms with van der Waals surface area (Å²) in [5, 5.41) is 3.12. The average Bonchev–Trinajstić information content (AvgIpc) is 3.64. The van der Waals surface area contributed by atoms with Crippen LogP contribution in [0.25, 0.3) is 0 Å². The molecule has 1 aromatic carbocycles. The summed E-state index contributed by atoms with van der Waals surface area (Å²) in [4.78, 5) is 75.8. The van der Waals surface area contributed by atoms with Gasteiger partial charge >= 0.3 is 0 Å². The molecule has 266 valence electrons. The minimum Gasteiger partial charge on any atom is -0.381 e. The molecule has 1 unspecified atom stereocenters. The van der Waals surface area contributed by atoms with Gasteiger partial charge in [-0.25, -0.2) is 9.97 Å². The monoisotopic (exact) mass is 721 g/mol. The molecular formula is C35H43N7O6S2. The maximum Gasteiger partial charge on any atom is 0.269 e. The maximum absolute atomic E-state index is 13.1. The van der Waals surface area contributed by atoms with Crippen molar-refractivity contribution in [3.05, 3.63) is 69.1 Å². The van der Waals surface area contributed by atoms with Crippen LogP contribution in [0.3, 0.4) is 0 Å². The largest absolute Gasteiger partial charge is 0.381 e. The van der Waals surface area contributed by atoms with Gasteiger partial charge in [0.05, 0.1) is 36.7 Å². The molecule has 1 saturated heterocycles. The van der Waals surface area contributed by atoms with Gasteiger partial charge in [-0.15, -0.1) is 0 Å². The van der Waals surface area contributed by atoms with Gasteiger partial charge in [-0.1, -0.05) is 12.1 Å². The van der Waals surface area contributed by atoms with E-state index in [1.54, 1.807) is 17.2 Å². The average molecular weight is 722 g/mol. The van der Waals surface area contributed by atoms with Gasteiger partial charge in [0, 0.05) is 62.0 Å². The van der Waals surface area contributed by atoms with Gasteiger partial charge in [0.15, 0.2) is 5.78 Å². The summed E-state index contributed by atoms with van der Waals surface area (Å²) in [7, 11) is 0. The second kappa shape index (κ2) is 16.7. The van der Waals surface area contributed by atoms with Crippen LogP contribution in [-0.4, -0.2) is 86.9 Å². The summed E-state index contributed by atoms with van der Waals surface area (Å²) in [5.41, 5.74) is 9.77. The van der Waals surface area contributed by atoms with Crippen LogP contribution in [0.4, 0.5) is 5.82 Å². The molecule has 0 radical (unpaired) electrons. The number of nitrogens with zero attached hydrogens (tertiary/aromatic N) is 5. The molecule has 4 heterocycles. The lowest BCUT2D eigenvalue weighted by molar-refractivity contribution is -0.133. The molecule has 2 aliphatic heterocycles. The lowest BCUT2D eigenvalue weighted by Gasteiger charge is -2.34. The van der Waals surface area contributed by atoms with Gasteiger partial charge in [-0.3, -0.25) is 24.0 Å². The van der Waals surface area contributed by atoms with Crippen molar-refractivity contribution in [2.75, 3.05) is 31.2 Å². The number of carbonyl (C=O) groups excluding carboxylic acids is 5. The van der Waals surface area contributed by atoms with E-state index >= 15 is 0 Å². The van der Waals surface area contributed by atoms with Crippen molar-refractivity contribution in [3.63, 3.8) is 0 Å². The van der Waals surface area contributed by atoms with Gasteiger partial charge in [-0.2, -0.15) is 17.9 Å². The van der Waals surface area contributed by atoms with Crippen LogP contribution < -0.4 is 16.0 Å². The quantitative estimate of drug-likeness (QED) is 0.197. The van der Waals surface area contributed by atoms with Crippen LogP contribution in [0, 0.1) is 6.92 Å². The highest BCUT2D eigenvalue weighted by molar-refractivity contribution is 7.59. The molecule has 3 aliphatic rings. The highest BCUT2D eigenvalue weighted by Gasteiger charge is 2.39. The second-order valence-electron chi connectivity index (χ2n) is 12.9. The van der Waals surface area contributed by atoms with E-state index in [2.05, 4.69) is 19.6 Å². The third-order valence-corrected chi connectivity index (χ3v) is 10.2. The van der Waals surface area contributed by atoms with E-state index in [-0.39, 0.29) is 61.5 Å². The van der Waals surface area contributed by atoms with Crippen molar-refractivity contribution in [1.82, 2.24) is 24.6 Å². The smallest absolute Gasteiger partial charge is 0.269 e. The van der Waals surface area contributed by atoms with Gasteiger partial charge in [0.2, 0.25) is 5.91 Å². The van der Waals surface area contributed by atoms with Gasteiger partial charge in [0.25, 0.3) is 11.8 Å². The zero-order valence-corrected chi connectivity index (χ0v) is 29.9. The Morgan fingerprint density at radius 2 is 2.00 bits per heavy atom. The number of benzene rings is 1. The topological polar surface area (TPSA) is 178 Å². The summed E-state index contributed by atoms with van der Waals surface area (Å²) in [6.07, 6.45) is 6.00. The number of carbonyl (C=O) groups is 5. The number of piperidine rings is 1. The second-order valence-corrected chi connectivity index (χ2v) is 13.8. The third kappa shape index (κ3) is 8.74. The number of amides is 3. The third-order valence-electron chi connectivity index (χ3n) is 9.31. The standard InChI is InChI=1S/C35H41N7O6S.H2S/c1-21-15-25(49-40-21)17-28-33(34(36)46)37-18-31(39-28)41-12-3-7-23(19-41)38-32(45)11-14-48-13-4-6-22-5-2-8-26-27(22)20-42(35(26)47)29-10-9-24(43)16-30(29)44;/h2,5,8,15,18,23,29H,3-4,6-7,9-14,16-17,19-20H2,1H3,(H2,36,46)(H,38,45);1H2/t23-,29?;/m0./s1. The molecule has 50 heavy (non-hydrogen) atoms. The molecule has 3 amide bonds. The molecule has 1 aliphatic carbocycles. The van der Waals surface area contributed by atoms with Crippen LogP contribution in [0.5, 0.6) is 0 Å². The molecule has 0 bridgehead atoms. The first-order chi connectivity index (χ1) is 23.7.